The van der Waals surface area contributed by atoms with E-state index in [9.17, 15) is 0 Å². The molecular weight excluding hydrogens is 190 g/mol. The predicted octanol–water partition coefficient (Wildman–Crippen LogP) is 1.85. The Morgan fingerprint density at radius 1 is 1.27 bits per heavy atom. The molecule has 0 radical (unpaired) electrons. The molecule has 1 aromatic carbocycles. The van der Waals surface area contributed by atoms with E-state index in [0.29, 0.717) is 6.61 Å². The first kappa shape index (κ1) is 11.6. The Hall–Kier alpha value is -1.48. The Morgan fingerprint density at radius 2 is 1.93 bits per heavy atom. The van der Waals surface area contributed by atoms with Gasteiger partial charge in [0, 0.05) is 13.1 Å². The number of benzene rings is 1. The molecule has 0 saturated heterocycles. The van der Waals surface area contributed by atoms with E-state index < -0.39 is 0 Å². The number of nitrogens with one attached hydrogen (secondary N) is 1. The zero-order chi connectivity index (χ0) is 10.9. The molecule has 0 aromatic heterocycles. The van der Waals surface area contributed by atoms with Crippen molar-refractivity contribution in [3.8, 4) is 11.5 Å². The molecule has 0 spiro atoms. The lowest BCUT2D eigenvalue weighted by Crippen LogP contribution is -2.20. The number of hydrogen-bond donors (Lipinski definition) is 1. The van der Waals surface area contributed by atoms with Gasteiger partial charge in [0.15, 0.2) is 0 Å². The lowest BCUT2D eigenvalue weighted by molar-refractivity contribution is 0.315. The van der Waals surface area contributed by atoms with Crippen molar-refractivity contribution < 1.29 is 9.47 Å². The van der Waals surface area contributed by atoms with Gasteiger partial charge in [0.1, 0.15) is 18.1 Å². The van der Waals surface area contributed by atoms with Crippen molar-refractivity contribution in [3.05, 3.63) is 36.9 Å². The Labute approximate surface area is 90.7 Å². The first-order chi connectivity index (χ1) is 7.36. The van der Waals surface area contributed by atoms with Gasteiger partial charge in [-0.15, -0.1) is 6.58 Å². The number of rotatable bonds is 7. The van der Waals surface area contributed by atoms with Crippen LogP contribution >= 0.6 is 0 Å². The van der Waals surface area contributed by atoms with Gasteiger partial charge in [-0.1, -0.05) is 6.08 Å². The fourth-order valence-corrected chi connectivity index (χ4v) is 1.12. The summed E-state index contributed by atoms with van der Waals surface area (Å²) in [4.78, 5) is 0. The molecule has 0 aliphatic heterocycles. The fourth-order valence-electron chi connectivity index (χ4n) is 1.12. The zero-order valence-electron chi connectivity index (χ0n) is 9.03. The minimum absolute atomic E-state index is 0.653. The lowest BCUT2D eigenvalue weighted by atomic mass is 10.3. The second-order valence-electron chi connectivity index (χ2n) is 3.02. The van der Waals surface area contributed by atoms with Crippen LogP contribution in [0.3, 0.4) is 0 Å². The predicted molar refractivity (Wildman–Crippen MR) is 61.6 cm³/mol. The Balaban J connectivity index is 2.22. The highest BCUT2D eigenvalue weighted by Gasteiger charge is 1.94. The third kappa shape index (κ3) is 4.51. The van der Waals surface area contributed by atoms with Crippen molar-refractivity contribution in [3.63, 3.8) is 0 Å². The lowest BCUT2D eigenvalue weighted by Gasteiger charge is -2.07. The van der Waals surface area contributed by atoms with Crippen molar-refractivity contribution in [1.29, 1.82) is 0 Å². The normalized spacial score (nSPS) is 9.67. The summed E-state index contributed by atoms with van der Waals surface area (Å²) in [6, 6.07) is 7.55. The molecule has 15 heavy (non-hydrogen) atoms. The summed E-state index contributed by atoms with van der Waals surface area (Å²) in [5.74, 6) is 1.70. The summed E-state index contributed by atoms with van der Waals surface area (Å²) in [6.45, 7) is 5.90. The summed E-state index contributed by atoms with van der Waals surface area (Å²) >= 11 is 0. The molecule has 0 amide bonds. The van der Waals surface area contributed by atoms with Crippen LogP contribution in [0, 0.1) is 0 Å². The third-order valence-corrected chi connectivity index (χ3v) is 1.90. The van der Waals surface area contributed by atoms with Crippen LogP contribution in [0.1, 0.15) is 0 Å². The Bertz CT molecular complexity index is 282. The van der Waals surface area contributed by atoms with Gasteiger partial charge in [0.25, 0.3) is 0 Å². The van der Waals surface area contributed by atoms with Crippen molar-refractivity contribution in [2.24, 2.45) is 0 Å². The van der Waals surface area contributed by atoms with Crippen LogP contribution < -0.4 is 14.8 Å². The zero-order valence-corrected chi connectivity index (χ0v) is 9.03. The highest BCUT2D eigenvalue weighted by molar-refractivity contribution is 5.31. The average Bonchev–Trinajstić information content (AvgIpc) is 2.30. The van der Waals surface area contributed by atoms with E-state index in [-0.39, 0.29) is 0 Å². The smallest absolute Gasteiger partial charge is 0.119 e. The minimum atomic E-state index is 0.653. The third-order valence-electron chi connectivity index (χ3n) is 1.90. The molecule has 3 nitrogen and oxygen atoms in total. The molecule has 82 valence electrons. The average molecular weight is 207 g/mol. The van der Waals surface area contributed by atoms with Crippen molar-refractivity contribution in [2.45, 2.75) is 0 Å². The number of methoxy groups -OCH3 is 1. The molecule has 0 aliphatic carbocycles. The molecule has 1 N–H and O–H groups in total. The van der Waals surface area contributed by atoms with Crippen LogP contribution in [0.4, 0.5) is 0 Å². The molecule has 0 fully saturated rings. The van der Waals surface area contributed by atoms with Gasteiger partial charge in [-0.05, 0) is 24.3 Å². The highest BCUT2D eigenvalue weighted by Crippen LogP contribution is 2.16. The maximum Gasteiger partial charge on any atom is 0.119 e. The van der Waals surface area contributed by atoms with Gasteiger partial charge in [0.05, 0.1) is 7.11 Å². The Morgan fingerprint density at radius 3 is 2.53 bits per heavy atom. The van der Waals surface area contributed by atoms with E-state index in [2.05, 4.69) is 11.9 Å². The minimum Gasteiger partial charge on any atom is -0.497 e. The highest BCUT2D eigenvalue weighted by atomic mass is 16.5. The molecule has 0 atom stereocenters. The van der Waals surface area contributed by atoms with Crippen LogP contribution in [0.25, 0.3) is 0 Å². The van der Waals surface area contributed by atoms with Gasteiger partial charge in [-0.3, -0.25) is 0 Å². The molecule has 0 unspecified atom stereocenters. The van der Waals surface area contributed by atoms with Crippen molar-refractivity contribution >= 4 is 0 Å². The summed E-state index contributed by atoms with van der Waals surface area (Å²) in [6.07, 6.45) is 1.83. The van der Waals surface area contributed by atoms with E-state index >= 15 is 0 Å². The SMILES string of the molecule is C=CCNCCOc1ccc(OC)cc1. The monoisotopic (exact) mass is 207 g/mol. The van der Waals surface area contributed by atoms with E-state index in [4.69, 9.17) is 9.47 Å². The molecular formula is C12H17NO2. The van der Waals surface area contributed by atoms with Crippen LogP contribution in [0.2, 0.25) is 0 Å². The van der Waals surface area contributed by atoms with Crippen LogP contribution in [-0.2, 0) is 0 Å². The molecule has 1 rings (SSSR count). The maximum absolute atomic E-state index is 5.50. The first-order valence-corrected chi connectivity index (χ1v) is 4.95. The first-order valence-electron chi connectivity index (χ1n) is 4.95. The van der Waals surface area contributed by atoms with Gasteiger partial charge in [-0.2, -0.15) is 0 Å². The number of hydrogen-bond acceptors (Lipinski definition) is 3. The van der Waals surface area contributed by atoms with E-state index in [1.165, 1.54) is 0 Å². The summed E-state index contributed by atoms with van der Waals surface area (Å²) in [5.41, 5.74) is 0. The van der Waals surface area contributed by atoms with E-state index in [1.807, 2.05) is 30.3 Å². The molecule has 1 aromatic rings. The van der Waals surface area contributed by atoms with Gasteiger partial charge < -0.3 is 14.8 Å². The van der Waals surface area contributed by atoms with Gasteiger partial charge in [-0.25, -0.2) is 0 Å². The molecule has 0 bridgehead atoms. The largest absolute Gasteiger partial charge is 0.497 e. The van der Waals surface area contributed by atoms with E-state index in [1.54, 1.807) is 7.11 Å². The molecule has 0 aliphatic rings. The van der Waals surface area contributed by atoms with Gasteiger partial charge >= 0.3 is 0 Å². The summed E-state index contributed by atoms with van der Waals surface area (Å²) < 4.78 is 10.5. The quantitative estimate of drug-likeness (QED) is 0.546. The number of ether oxygens (including phenoxy) is 2. The van der Waals surface area contributed by atoms with Crippen LogP contribution in [0.15, 0.2) is 36.9 Å². The van der Waals surface area contributed by atoms with Crippen molar-refractivity contribution in [2.75, 3.05) is 26.8 Å². The van der Waals surface area contributed by atoms with Gasteiger partial charge in [0.2, 0.25) is 0 Å². The second-order valence-corrected chi connectivity index (χ2v) is 3.02. The van der Waals surface area contributed by atoms with Crippen LogP contribution in [-0.4, -0.2) is 26.8 Å². The topological polar surface area (TPSA) is 30.5 Å². The standard InChI is InChI=1S/C12H17NO2/c1-3-8-13-9-10-15-12-6-4-11(14-2)5-7-12/h3-7,13H,1,8-10H2,2H3. The Kier molecular flexibility index (Phi) is 5.33. The summed E-state index contributed by atoms with van der Waals surface area (Å²) in [7, 11) is 1.65. The maximum atomic E-state index is 5.50. The molecule has 3 heteroatoms. The van der Waals surface area contributed by atoms with E-state index in [0.717, 1.165) is 24.6 Å². The molecule has 0 heterocycles. The van der Waals surface area contributed by atoms with Crippen molar-refractivity contribution in [1.82, 2.24) is 5.32 Å². The van der Waals surface area contributed by atoms with Crippen LogP contribution in [0.5, 0.6) is 11.5 Å². The fraction of sp³-hybridized carbons (Fsp3) is 0.333. The second kappa shape index (κ2) is 6.90. The molecule has 0 saturated carbocycles. The summed E-state index contributed by atoms with van der Waals surface area (Å²) in [5, 5.41) is 3.16.